The molecule has 0 aliphatic carbocycles. The van der Waals surface area contributed by atoms with Gasteiger partial charge < -0.3 is 4.42 Å². The molecule has 0 fully saturated rings. The summed E-state index contributed by atoms with van der Waals surface area (Å²) in [7, 11) is 0. The fourth-order valence-electron chi connectivity index (χ4n) is 5.56. The van der Waals surface area contributed by atoms with Crippen molar-refractivity contribution in [1.82, 2.24) is 19.5 Å². The lowest BCUT2D eigenvalue weighted by molar-refractivity contribution is 0.669. The van der Waals surface area contributed by atoms with Crippen LogP contribution in [-0.4, -0.2) is 19.5 Å². The van der Waals surface area contributed by atoms with E-state index in [1.807, 2.05) is 84.9 Å². The lowest BCUT2D eigenvalue weighted by Crippen LogP contribution is -2.06. The van der Waals surface area contributed by atoms with Crippen LogP contribution in [-0.2, 0) is 0 Å². The number of para-hydroxylation sites is 2. The lowest BCUT2D eigenvalue weighted by atomic mass is 10.0. The molecular weight excluding hydrogens is 540 g/mol. The Morgan fingerprint density at radius 2 is 1.09 bits per heavy atom. The van der Waals surface area contributed by atoms with Gasteiger partial charge in [-0.15, -0.1) is 0 Å². The number of hydrogen-bond donors (Lipinski definition) is 0. The number of furan rings is 1. The van der Waals surface area contributed by atoms with Crippen LogP contribution in [0, 0.1) is 0 Å². The van der Waals surface area contributed by atoms with E-state index in [4.69, 9.17) is 31.7 Å². The molecule has 0 spiro atoms. The summed E-state index contributed by atoms with van der Waals surface area (Å²) in [5, 5.41) is -0.207. The summed E-state index contributed by atoms with van der Waals surface area (Å²) in [5.74, 6) is 0.370. The molecule has 0 N–H and O–H groups in total. The first-order chi connectivity index (χ1) is 26.0. The molecule has 3 heterocycles. The predicted octanol–water partition coefficient (Wildman–Crippen LogP) is 9.87. The summed E-state index contributed by atoms with van der Waals surface area (Å²) >= 11 is 0. The first-order valence-electron chi connectivity index (χ1n) is 18.8. The standard InChI is InChI=1S/C39H24N4O/c1-3-11-25(12-4-1)26-19-21-28(22-20-26)38-40-37(27-13-5-2-6-14-27)41-39(42-38)43-32-17-9-7-15-29(32)30-23-24-34-35(36(30)43)31-16-8-10-18-33(31)44-34/h1-24H/i7D,8D,9D,10D,15D,16D,17D,18D,23D,24D. The molecule has 206 valence electrons. The Labute approximate surface area is 266 Å². The van der Waals surface area contributed by atoms with Crippen LogP contribution >= 0.6 is 0 Å². The second kappa shape index (κ2) is 9.75. The Morgan fingerprint density at radius 3 is 1.84 bits per heavy atom. The monoisotopic (exact) mass is 574 g/mol. The van der Waals surface area contributed by atoms with Crippen molar-refractivity contribution in [3.05, 3.63) is 145 Å². The number of hydrogen-bond acceptors (Lipinski definition) is 4. The van der Waals surface area contributed by atoms with Crippen molar-refractivity contribution in [3.63, 3.8) is 0 Å². The minimum absolute atomic E-state index is 0.0106. The van der Waals surface area contributed by atoms with Gasteiger partial charge in [-0.3, -0.25) is 4.57 Å². The smallest absolute Gasteiger partial charge is 0.238 e. The van der Waals surface area contributed by atoms with Crippen molar-refractivity contribution in [2.24, 2.45) is 0 Å². The average Bonchev–Trinajstić information content (AvgIpc) is 3.78. The molecular formula is C39H24N4O. The summed E-state index contributed by atoms with van der Waals surface area (Å²) < 4.78 is 95.2. The molecule has 0 amide bonds. The molecule has 0 aliphatic rings. The Morgan fingerprint density at radius 1 is 0.500 bits per heavy atom. The number of benzene rings is 6. The molecule has 0 atom stereocenters. The van der Waals surface area contributed by atoms with Crippen molar-refractivity contribution in [1.29, 1.82) is 0 Å². The van der Waals surface area contributed by atoms with Crippen LogP contribution in [0.5, 0.6) is 0 Å². The Bertz CT molecular complexity index is 3040. The Kier molecular flexibility index (Phi) is 3.66. The van der Waals surface area contributed by atoms with E-state index in [1.165, 1.54) is 4.57 Å². The maximum atomic E-state index is 9.19. The fourth-order valence-corrected chi connectivity index (χ4v) is 5.56. The summed E-state index contributed by atoms with van der Waals surface area (Å²) in [5.41, 5.74) is 2.67. The van der Waals surface area contributed by atoms with Crippen LogP contribution in [0.15, 0.2) is 150 Å². The van der Waals surface area contributed by atoms with E-state index in [2.05, 4.69) is 0 Å². The number of aromatic nitrogens is 4. The Balaban J connectivity index is 1.48. The van der Waals surface area contributed by atoms with Crippen LogP contribution < -0.4 is 0 Å². The average molecular weight is 575 g/mol. The third kappa shape index (κ3) is 3.83. The summed E-state index contributed by atoms with van der Waals surface area (Å²) in [4.78, 5) is 14.6. The minimum Gasteiger partial charge on any atom is -0.456 e. The molecule has 5 heteroatoms. The van der Waals surface area contributed by atoms with Crippen molar-refractivity contribution in [3.8, 4) is 39.9 Å². The third-order valence-electron chi connectivity index (χ3n) is 7.58. The van der Waals surface area contributed by atoms with Crippen molar-refractivity contribution in [2.75, 3.05) is 0 Å². The van der Waals surface area contributed by atoms with Gasteiger partial charge in [-0.05, 0) is 35.3 Å². The van der Waals surface area contributed by atoms with E-state index in [1.54, 1.807) is 0 Å². The van der Waals surface area contributed by atoms with E-state index in [-0.39, 0.29) is 61.3 Å². The second-order valence-corrected chi connectivity index (χ2v) is 10.1. The second-order valence-electron chi connectivity index (χ2n) is 10.1. The molecule has 5 nitrogen and oxygen atoms in total. The van der Waals surface area contributed by atoms with Crippen molar-refractivity contribution >= 4 is 43.7 Å². The molecule has 9 rings (SSSR count). The van der Waals surface area contributed by atoms with Crippen LogP contribution in [0.3, 0.4) is 0 Å². The van der Waals surface area contributed by atoms with Gasteiger partial charge in [0.25, 0.3) is 0 Å². The van der Waals surface area contributed by atoms with Crippen molar-refractivity contribution in [2.45, 2.75) is 0 Å². The highest BCUT2D eigenvalue weighted by atomic mass is 16.3. The summed E-state index contributed by atoms with van der Waals surface area (Å²) in [6.45, 7) is 0. The quantitative estimate of drug-likeness (QED) is 0.210. The molecule has 0 radical (unpaired) electrons. The lowest BCUT2D eigenvalue weighted by Gasteiger charge is -2.11. The number of nitrogens with zero attached hydrogens (tertiary/aromatic N) is 4. The molecule has 9 aromatic rings. The van der Waals surface area contributed by atoms with Gasteiger partial charge in [-0.25, -0.2) is 4.98 Å². The van der Waals surface area contributed by atoms with Gasteiger partial charge >= 0.3 is 0 Å². The van der Waals surface area contributed by atoms with Gasteiger partial charge in [0.05, 0.1) is 30.1 Å². The maximum Gasteiger partial charge on any atom is 0.238 e. The number of fused-ring (bicyclic) bond motifs is 7. The highest BCUT2D eigenvalue weighted by Crippen LogP contribution is 2.40. The van der Waals surface area contributed by atoms with Crippen LogP contribution in [0.25, 0.3) is 83.6 Å². The van der Waals surface area contributed by atoms with Gasteiger partial charge in [0.2, 0.25) is 5.95 Å². The fraction of sp³-hybridized carbons (Fsp3) is 0. The zero-order valence-corrected chi connectivity index (χ0v) is 22.8. The summed E-state index contributed by atoms with van der Waals surface area (Å²) in [6.07, 6.45) is 0. The molecule has 0 unspecified atom stereocenters. The van der Waals surface area contributed by atoms with Crippen LogP contribution in [0.4, 0.5) is 0 Å². The molecule has 6 aromatic carbocycles. The predicted molar refractivity (Wildman–Crippen MR) is 178 cm³/mol. The topological polar surface area (TPSA) is 56.7 Å². The highest BCUT2D eigenvalue weighted by Gasteiger charge is 2.21. The number of rotatable bonds is 4. The van der Waals surface area contributed by atoms with Crippen molar-refractivity contribution < 1.29 is 18.1 Å². The van der Waals surface area contributed by atoms with Gasteiger partial charge in [0.15, 0.2) is 11.6 Å². The third-order valence-corrected chi connectivity index (χ3v) is 7.58. The Hall–Kier alpha value is -6.07. The van der Waals surface area contributed by atoms with Gasteiger partial charge in [-0.2, -0.15) is 9.97 Å². The molecule has 0 aliphatic heterocycles. The van der Waals surface area contributed by atoms with E-state index in [9.17, 15) is 1.37 Å². The minimum atomic E-state index is -0.559. The molecule has 3 aromatic heterocycles. The molecule has 0 saturated heterocycles. The van der Waals surface area contributed by atoms with Crippen LogP contribution in [0.1, 0.15) is 13.7 Å². The SMILES string of the molecule is [2H]c1c([2H])c([2H])c2c(oc3c([2H])c([2H])c4c5c([2H])c([2H])c([2H])c([2H])c5n(-c5nc(-c6ccccc6)nc(-c6ccc(-c7ccccc7)cc6)n5)c4c32)c1[2H]. The zero-order chi connectivity index (χ0) is 37.7. The van der Waals surface area contributed by atoms with E-state index >= 15 is 0 Å². The van der Waals surface area contributed by atoms with Gasteiger partial charge in [0.1, 0.15) is 11.2 Å². The first-order valence-corrected chi connectivity index (χ1v) is 13.8. The maximum absolute atomic E-state index is 9.19. The van der Waals surface area contributed by atoms with E-state index < -0.39 is 60.4 Å². The van der Waals surface area contributed by atoms with E-state index in [0.717, 1.165) is 11.1 Å². The van der Waals surface area contributed by atoms with Crippen LogP contribution in [0.2, 0.25) is 0 Å². The molecule has 44 heavy (non-hydrogen) atoms. The van der Waals surface area contributed by atoms with Gasteiger partial charge in [-0.1, -0.05) is 121 Å². The largest absolute Gasteiger partial charge is 0.456 e. The highest BCUT2D eigenvalue weighted by molar-refractivity contribution is 6.24. The zero-order valence-electron chi connectivity index (χ0n) is 32.8. The molecule has 0 saturated carbocycles. The normalized spacial score (nSPS) is 14.8. The van der Waals surface area contributed by atoms with Gasteiger partial charge in [0, 0.05) is 27.3 Å². The van der Waals surface area contributed by atoms with E-state index in [0.29, 0.717) is 11.1 Å². The summed E-state index contributed by atoms with van der Waals surface area (Å²) in [6, 6.07) is 21.5. The molecule has 0 bridgehead atoms. The first kappa shape index (κ1) is 16.5.